The van der Waals surface area contributed by atoms with E-state index in [2.05, 4.69) is 4.74 Å². The van der Waals surface area contributed by atoms with E-state index in [4.69, 9.17) is 9.47 Å². The third-order valence-corrected chi connectivity index (χ3v) is 4.06. The Balaban J connectivity index is 2.02. The number of benzene rings is 1. The first kappa shape index (κ1) is 17.8. The van der Waals surface area contributed by atoms with Gasteiger partial charge in [-0.05, 0) is 12.0 Å². The molecule has 0 aromatic heterocycles. The second-order valence-corrected chi connectivity index (χ2v) is 5.53. The highest BCUT2D eigenvalue weighted by molar-refractivity contribution is 5.83. The molecule has 0 spiro atoms. The van der Waals surface area contributed by atoms with Crippen LogP contribution in [0.1, 0.15) is 18.4 Å². The molecule has 1 aliphatic heterocycles. The maximum atomic E-state index is 12.3. The molecule has 7 heteroatoms. The number of ether oxygens (including phenoxy) is 3. The largest absolute Gasteiger partial charge is 0.469 e. The van der Waals surface area contributed by atoms with Gasteiger partial charge in [-0.1, -0.05) is 30.3 Å². The highest BCUT2D eigenvalue weighted by Gasteiger charge is 2.44. The van der Waals surface area contributed by atoms with E-state index >= 15 is 0 Å². The number of esters is 2. The highest BCUT2D eigenvalue weighted by atomic mass is 16.6. The average molecular weight is 335 g/mol. The van der Waals surface area contributed by atoms with Gasteiger partial charge in [0, 0.05) is 12.5 Å². The quantitative estimate of drug-likeness (QED) is 0.602. The summed E-state index contributed by atoms with van der Waals surface area (Å²) in [5, 5.41) is 0. The number of rotatable bonds is 5. The summed E-state index contributed by atoms with van der Waals surface area (Å²) >= 11 is 0. The zero-order valence-electron chi connectivity index (χ0n) is 13.8. The molecule has 0 bridgehead atoms. The fourth-order valence-corrected chi connectivity index (χ4v) is 2.81. The third-order valence-electron chi connectivity index (χ3n) is 4.06. The lowest BCUT2D eigenvalue weighted by Gasteiger charge is -2.25. The Kier molecular flexibility index (Phi) is 6.17. The van der Waals surface area contributed by atoms with Crippen molar-refractivity contribution in [3.63, 3.8) is 0 Å². The summed E-state index contributed by atoms with van der Waals surface area (Å²) in [6, 6.07) is 8.42. The molecule has 0 N–H and O–H groups in total. The van der Waals surface area contributed by atoms with Crippen LogP contribution in [0.2, 0.25) is 0 Å². The normalized spacial score (nSPS) is 19.7. The van der Waals surface area contributed by atoms with Crippen molar-refractivity contribution in [1.82, 2.24) is 4.90 Å². The molecule has 1 aliphatic rings. The van der Waals surface area contributed by atoms with Gasteiger partial charge in [-0.3, -0.25) is 9.69 Å². The van der Waals surface area contributed by atoms with E-state index in [9.17, 15) is 14.4 Å². The number of hydrogen-bond donors (Lipinski definition) is 0. The molecule has 0 unspecified atom stereocenters. The minimum absolute atomic E-state index is 0.0543. The summed E-state index contributed by atoms with van der Waals surface area (Å²) in [5.74, 6) is -1.32. The maximum Gasteiger partial charge on any atom is 0.410 e. The molecular weight excluding hydrogens is 314 g/mol. The molecular formula is C17H21NO6. The van der Waals surface area contributed by atoms with Crippen molar-refractivity contribution in [2.45, 2.75) is 25.5 Å². The second-order valence-electron chi connectivity index (χ2n) is 5.53. The van der Waals surface area contributed by atoms with Crippen molar-refractivity contribution < 1.29 is 28.6 Å². The Morgan fingerprint density at radius 1 is 1.12 bits per heavy atom. The third kappa shape index (κ3) is 4.24. The zero-order chi connectivity index (χ0) is 17.5. The highest BCUT2D eigenvalue weighted by Crippen LogP contribution is 2.29. The van der Waals surface area contributed by atoms with Crippen molar-refractivity contribution in [3.8, 4) is 0 Å². The average Bonchev–Trinajstić information content (AvgIpc) is 3.03. The van der Waals surface area contributed by atoms with Gasteiger partial charge in [0.25, 0.3) is 0 Å². The topological polar surface area (TPSA) is 82.1 Å². The maximum absolute atomic E-state index is 12.3. The summed E-state index contributed by atoms with van der Waals surface area (Å²) in [5.41, 5.74) is 0.853. The van der Waals surface area contributed by atoms with Gasteiger partial charge in [0.05, 0.1) is 20.6 Å². The fraction of sp³-hybridized carbons (Fsp3) is 0.471. The summed E-state index contributed by atoms with van der Waals surface area (Å²) in [4.78, 5) is 37.2. The van der Waals surface area contributed by atoms with Gasteiger partial charge in [0.15, 0.2) is 0 Å². The van der Waals surface area contributed by atoms with Crippen LogP contribution < -0.4 is 0 Å². The Morgan fingerprint density at radius 3 is 2.46 bits per heavy atom. The number of nitrogens with zero attached hydrogens (tertiary/aromatic N) is 1. The van der Waals surface area contributed by atoms with Crippen molar-refractivity contribution in [1.29, 1.82) is 0 Å². The predicted molar refractivity (Wildman–Crippen MR) is 83.9 cm³/mol. The van der Waals surface area contributed by atoms with Crippen molar-refractivity contribution in [2.75, 3.05) is 20.8 Å². The second kappa shape index (κ2) is 8.33. The van der Waals surface area contributed by atoms with Crippen molar-refractivity contribution >= 4 is 18.0 Å². The molecule has 1 aromatic carbocycles. The van der Waals surface area contributed by atoms with E-state index in [1.807, 2.05) is 30.3 Å². The van der Waals surface area contributed by atoms with Crippen LogP contribution >= 0.6 is 0 Å². The number of amides is 1. The molecule has 130 valence electrons. The summed E-state index contributed by atoms with van der Waals surface area (Å²) < 4.78 is 14.7. The first-order valence-corrected chi connectivity index (χ1v) is 7.68. The number of carbonyl (C=O) groups is 3. The Morgan fingerprint density at radius 2 is 1.83 bits per heavy atom. The molecule has 24 heavy (non-hydrogen) atoms. The van der Waals surface area contributed by atoms with Gasteiger partial charge in [-0.25, -0.2) is 9.59 Å². The van der Waals surface area contributed by atoms with E-state index in [0.29, 0.717) is 13.0 Å². The standard InChI is InChI=1S/C17H21NO6/c1-22-14(19)10-13-8-9-18(15(13)16(20)23-2)17(21)24-11-12-6-4-3-5-7-12/h3-7,13,15H,8-11H2,1-2H3/t13-,15+/m1/s1. The number of hydrogen-bond acceptors (Lipinski definition) is 6. The molecule has 1 heterocycles. The van der Waals surface area contributed by atoms with E-state index in [1.54, 1.807) is 0 Å². The molecule has 2 atom stereocenters. The van der Waals surface area contributed by atoms with Gasteiger partial charge in [0.2, 0.25) is 0 Å². The minimum atomic E-state index is -0.836. The van der Waals surface area contributed by atoms with Crippen LogP contribution in [0.15, 0.2) is 30.3 Å². The lowest BCUT2D eigenvalue weighted by molar-refractivity contribution is -0.148. The lowest BCUT2D eigenvalue weighted by atomic mass is 9.97. The van der Waals surface area contributed by atoms with E-state index in [-0.39, 0.29) is 18.9 Å². The molecule has 1 saturated heterocycles. The molecule has 0 saturated carbocycles. The summed E-state index contributed by atoms with van der Waals surface area (Å²) in [7, 11) is 2.54. The smallest absolute Gasteiger partial charge is 0.410 e. The molecule has 2 rings (SSSR count). The van der Waals surface area contributed by atoms with Crippen LogP contribution in [0.3, 0.4) is 0 Å². The molecule has 0 radical (unpaired) electrons. The molecule has 1 fully saturated rings. The van der Waals surface area contributed by atoms with E-state index < -0.39 is 24.1 Å². The van der Waals surface area contributed by atoms with E-state index in [0.717, 1.165) is 5.56 Å². The first-order chi connectivity index (χ1) is 11.6. The number of likely N-dealkylation sites (tertiary alicyclic amines) is 1. The lowest BCUT2D eigenvalue weighted by Crippen LogP contribution is -2.44. The zero-order valence-corrected chi connectivity index (χ0v) is 13.8. The van der Waals surface area contributed by atoms with E-state index in [1.165, 1.54) is 19.1 Å². The molecule has 7 nitrogen and oxygen atoms in total. The van der Waals surface area contributed by atoms with Crippen LogP contribution in [0.5, 0.6) is 0 Å². The van der Waals surface area contributed by atoms with Crippen LogP contribution in [0.4, 0.5) is 4.79 Å². The van der Waals surface area contributed by atoms with Gasteiger partial charge >= 0.3 is 18.0 Å². The minimum Gasteiger partial charge on any atom is -0.469 e. The van der Waals surface area contributed by atoms with Crippen LogP contribution in [0, 0.1) is 5.92 Å². The predicted octanol–water partition coefficient (Wildman–Crippen LogP) is 1.75. The van der Waals surface area contributed by atoms with Gasteiger partial charge < -0.3 is 14.2 Å². The van der Waals surface area contributed by atoms with Gasteiger partial charge in [-0.15, -0.1) is 0 Å². The first-order valence-electron chi connectivity index (χ1n) is 7.68. The SMILES string of the molecule is COC(=O)C[C@H]1CCN(C(=O)OCc2ccccc2)[C@@H]1C(=O)OC. The summed E-state index contributed by atoms with van der Waals surface area (Å²) in [6.07, 6.45) is -0.0322. The molecule has 1 aromatic rings. The van der Waals surface area contributed by atoms with Crippen LogP contribution in [0.25, 0.3) is 0 Å². The number of carbonyl (C=O) groups excluding carboxylic acids is 3. The Labute approximate surface area is 140 Å². The monoisotopic (exact) mass is 335 g/mol. The van der Waals surface area contributed by atoms with Crippen molar-refractivity contribution in [3.05, 3.63) is 35.9 Å². The van der Waals surface area contributed by atoms with Crippen LogP contribution in [-0.4, -0.2) is 49.7 Å². The molecule has 1 amide bonds. The Hall–Kier alpha value is -2.57. The van der Waals surface area contributed by atoms with Crippen molar-refractivity contribution in [2.24, 2.45) is 5.92 Å². The fourth-order valence-electron chi connectivity index (χ4n) is 2.81. The van der Waals surface area contributed by atoms with Gasteiger partial charge in [-0.2, -0.15) is 0 Å². The van der Waals surface area contributed by atoms with Crippen LogP contribution in [-0.2, 0) is 30.4 Å². The molecule has 0 aliphatic carbocycles. The Bertz CT molecular complexity index is 588. The van der Waals surface area contributed by atoms with Gasteiger partial charge in [0.1, 0.15) is 12.6 Å². The summed E-state index contributed by atoms with van der Waals surface area (Å²) in [6.45, 7) is 0.445. The number of methoxy groups -OCH3 is 2.